The fourth-order valence-corrected chi connectivity index (χ4v) is 4.00. The number of thiophene rings is 1. The second-order valence-electron chi connectivity index (χ2n) is 6.55. The molecule has 3 rings (SSSR count). The molecular formula is C20H26N2O2S. The molecule has 2 aromatic rings. The molecule has 1 aromatic carbocycles. The average molecular weight is 359 g/mol. The number of aryl methyl sites for hydroxylation is 1. The highest BCUT2D eigenvalue weighted by molar-refractivity contribution is 7.18. The molecule has 2 heterocycles. The Balaban J connectivity index is 1.58. The minimum atomic E-state index is 0.00564. The van der Waals surface area contributed by atoms with Crippen LogP contribution in [0.2, 0.25) is 0 Å². The molecule has 0 aliphatic carbocycles. The largest absolute Gasteiger partial charge is 0.379 e. The van der Waals surface area contributed by atoms with Gasteiger partial charge in [0, 0.05) is 25.4 Å². The first-order chi connectivity index (χ1) is 12.1. The molecule has 0 bridgehead atoms. The number of ether oxygens (including phenoxy) is 1. The molecule has 1 aromatic heterocycles. The van der Waals surface area contributed by atoms with E-state index in [-0.39, 0.29) is 12.0 Å². The van der Waals surface area contributed by atoms with Gasteiger partial charge < -0.3 is 15.0 Å². The van der Waals surface area contributed by atoms with Crippen LogP contribution in [0.1, 0.15) is 41.9 Å². The molecule has 0 saturated carbocycles. The monoisotopic (exact) mass is 358 g/mol. The molecule has 1 aliphatic heterocycles. The van der Waals surface area contributed by atoms with Crippen LogP contribution < -0.4 is 10.2 Å². The molecule has 134 valence electrons. The van der Waals surface area contributed by atoms with Gasteiger partial charge in [-0.2, -0.15) is 0 Å². The molecule has 1 N–H and O–H groups in total. The number of nitrogens with zero attached hydrogens (tertiary/aromatic N) is 1. The fraction of sp³-hybridized carbons (Fsp3) is 0.450. The molecule has 0 fully saturated rings. The zero-order chi connectivity index (χ0) is 17.6. The summed E-state index contributed by atoms with van der Waals surface area (Å²) in [5.74, 6) is 0.00564. The van der Waals surface area contributed by atoms with E-state index in [1.54, 1.807) is 11.3 Å². The lowest BCUT2D eigenvalue weighted by Crippen LogP contribution is -2.25. The Hall–Kier alpha value is -1.85. The molecule has 0 atom stereocenters. The number of benzene rings is 1. The van der Waals surface area contributed by atoms with Crippen molar-refractivity contribution in [2.24, 2.45) is 0 Å². The van der Waals surface area contributed by atoms with Gasteiger partial charge in [0.25, 0.3) is 5.91 Å². The predicted octanol–water partition coefficient (Wildman–Crippen LogP) is 4.38. The van der Waals surface area contributed by atoms with E-state index in [1.165, 1.54) is 11.3 Å². The third-order valence-electron chi connectivity index (χ3n) is 4.25. The highest BCUT2D eigenvalue weighted by Crippen LogP contribution is 2.37. The second-order valence-corrected chi connectivity index (χ2v) is 7.61. The van der Waals surface area contributed by atoms with Crippen molar-refractivity contribution in [2.45, 2.75) is 39.2 Å². The van der Waals surface area contributed by atoms with Gasteiger partial charge in [0.2, 0.25) is 0 Å². The maximum Gasteiger partial charge on any atom is 0.261 e. The van der Waals surface area contributed by atoms with Crippen LogP contribution in [0.15, 0.2) is 36.4 Å². The summed E-state index contributed by atoms with van der Waals surface area (Å²) in [6.07, 6.45) is 3.35. The molecular weight excluding hydrogens is 332 g/mol. The van der Waals surface area contributed by atoms with Gasteiger partial charge in [0.1, 0.15) is 0 Å². The summed E-state index contributed by atoms with van der Waals surface area (Å²) < 4.78 is 5.49. The van der Waals surface area contributed by atoms with Crippen LogP contribution in [0.5, 0.6) is 0 Å². The minimum Gasteiger partial charge on any atom is -0.379 e. The van der Waals surface area contributed by atoms with Gasteiger partial charge in [-0.25, -0.2) is 0 Å². The summed E-state index contributed by atoms with van der Waals surface area (Å²) in [6, 6.07) is 12.5. The molecule has 0 spiro atoms. The van der Waals surface area contributed by atoms with Crippen LogP contribution in [0, 0.1) is 0 Å². The van der Waals surface area contributed by atoms with Crippen molar-refractivity contribution < 1.29 is 9.53 Å². The SMILES string of the molecule is CC(C)OCCCNC(=O)c1ccc(N2CCCc3ccccc32)s1. The standard InChI is InChI=1S/C20H26N2O2S/c1-15(2)24-14-6-12-21-20(23)18-10-11-19(25-18)22-13-5-8-16-7-3-4-9-17(16)22/h3-4,7,9-11,15H,5-6,8,12-14H2,1-2H3,(H,21,23). The van der Waals surface area contributed by atoms with E-state index in [4.69, 9.17) is 4.74 Å². The third kappa shape index (κ3) is 4.61. The van der Waals surface area contributed by atoms with Gasteiger partial charge in [-0.05, 0) is 56.9 Å². The van der Waals surface area contributed by atoms with Gasteiger partial charge >= 0.3 is 0 Å². The van der Waals surface area contributed by atoms with Gasteiger partial charge in [0.05, 0.1) is 16.0 Å². The minimum absolute atomic E-state index is 0.00564. The van der Waals surface area contributed by atoms with Crippen molar-refractivity contribution in [1.82, 2.24) is 5.32 Å². The first-order valence-electron chi connectivity index (χ1n) is 9.00. The Bertz CT molecular complexity index is 711. The van der Waals surface area contributed by atoms with Crippen molar-refractivity contribution in [1.29, 1.82) is 0 Å². The number of rotatable bonds is 7. The van der Waals surface area contributed by atoms with Gasteiger partial charge in [-0.3, -0.25) is 4.79 Å². The quantitative estimate of drug-likeness (QED) is 0.747. The van der Waals surface area contributed by atoms with Gasteiger partial charge in [0.15, 0.2) is 0 Å². The lowest BCUT2D eigenvalue weighted by Gasteiger charge is -2.30. The Morgan fingerprint density at radius 1 is 1.28 bits per heavy atom. The second kappa shape index (κ2) is 8.50. The first-order valence-corrected chi connectivity index (χ1v) is 9.82. The number of hydrogen-bond donors (Lipinski definition) is 1. The fourth-order valence-electron chi connectivity index (χ4n) is 3.04. The smallest absolute Gasteiger partial charge is 0.261 e. The number of amides is 1. The van der Waals surface area contributed by atoms with Gasteiger partial charge in [-0.15, -0.1) is 11.3 Å². The highest BCUT2D eigenvalue weighted by atomic mass is 32.1. The van der Waals surface area contributed by atoms with Gasteiger partial charge in [-0.1, -0.05) is 18.2 Å². The Morgan fingerprint density at radius 3 is 2.96 bits per heavy atom. The van der Waals surface area contributed by atoms with Crippen LogP contribution in [-0.4, -0.2) is 31.7 Å². The number of para-hydroxylation sites is 1. The van der Waals surface area contributed by atoms with Crippen LogP contribution in [0.4, 0.5) is 10.7 Å². The maximum atomic E-state index is 12.3. The number of carbonyl (C=O) groups excluding carboxylic acids is 1. The van der Waals surface area contributed by atoms with Crippen molar-refractivity contribution in [2.75, 3.05) is 24.6 Å². The number of hydrogen-bond acceptors (Lipinski definition) is 4. The highest BCUT2D eigenvalue weighted by Gasteiger charge is 2.20. The average Bonchev–Trinajstić information content (AvgIpc) is 3.10. The Morgan fingerprint density at radius 2 is 2.12 bits per heavy atom. The zero-order valence-electron chi connectivity index (χ0n) is 15.0. The lowest BCUT2D eigenvalue weighted by atomic mass is 10.0. The van der Waals surface area contributed by atoms with Crippen LogP contribution in [0.25, 0.3) is 0 Å². The summed E-state index contributed by atoms with van der Waals surface area (Å²) in [4.78, 5) is 15.4. The third-order valence-corrected chi connectivity index (χ3v) is 5.36. The van der Waals surface area contributed by atoms with Crippen molar-refractivity contribution in [3.8, 4) is 0 Å². The molecule has 4 nitrogen and oxygen atoms in total. The first kappa shape index (κ1) is 18.0. The normalized spacial score (nSPS) is 13.8. The van der Waals surface area contributed by atoms with Crippen molar-refractivity contribution in [3.05, 3.63) is 46.8 Å². The van der Waals surface area contributed by atoms with E-state index in [0.29, 0.717) is 13.2 Å². The molecule has 0 unspecified atom stereocenters. The molecule has 1 amide bonds. The van der Waals surface area contributed by atoms with Crippen LogP contribution in [0.3, 0.4) is 0 Å². The zero-order valence-corrected chi connectivity index (χ0v) is 15.8. The van der Waals surface area contributed by atoms with E-state index in [9.17, 15) is 4.79 Å². The number of fused-ring (bicyclic) bond motifs is 1. The molecule has 1 aliphatic rings. The summed E-state index contributed by atoms with van der Waals surface area (Å²) in [5, 5.41) is 4.12. The van der Waals surface area contributed by atoms with Crippen molar-refractivity contribution in [3.63, 3.8) is 0 Å². The molecule has 0 saturated heterocycles. The predicted molar refractivity (Wildman–Crippen MR) is 104 cm³/mol. The summed E-state index contributed by atoms with van der Waals surface area (Å²) in [7, 11) is 0. The van der Waals surface area contributed by atoms with E-state index in [0.717, 1.165) is 35.7 Å². The van der Waals surface area contributed by atoms with E-state index in [1.807, 2.05) is 19.9 Å². The Labute approximate surface area is 153 Å². The lowest BCUT2D eigenvalue weighted by molar-refractivity contribution is 0.0757. The summed E-state index contributed by atoms with van der Waals surface area (Å²) >= 11 is 1.56. The van der Waals surface area contributed by atoms with E-state index in [2.05, 4.69) is 40.5 Å². The van der Waals surface area contributed by atoms with Crippen molar-refractivity contribution >= 4 is 27.9 Å². The van der Waals surface area contributed by atoms with Crippen LogP contribution in [-0.2, 0) is 11.2 Å². The molecule has 0 radical (unpaired) electrons. The molecule has 5 heteroatoms. The number of nitrogens with one attached hydrogen (secondary N) is 1. The Kier molecular flexibility index (Phi) is 6.10. The van der Waals surface area contributed by atoms with E-state index >= 15 is 0 Å². The number of anilines is 2. The van der Waals surface area contributed by atoms with Crippen LogP contribution >= 0.6 is 11.3 Å². The molecule has 25 heavy (non-hydrogen) atoms. The summed E-state index contributed by atoms with van der Waals surface area (Å²) in [6.45, 7) is 6.36. The maximum absolute atomic E-state index is 12.3. The summed E-state index contributed by atoms with van der Waals surface area (Å²) in [5.41, 5.74) is 2.66. The number of carbonyl (C=O) groups is 1. The topological polar surface area (TPSA) is 41.6 Å². The van der Waals surface area contributed by atoms with E-state index < -0.39 is 0 Å².